The fourth-order valence-electron chi connectivity index (χ4n) is 3.60. The van der Waals surface area contributed by atoms with Crippen LogP contribution < -0.4 is 10.2 Å². The highest BCUT2D eigenvalue weighted by atomic mass is 32.2. The predicted molar refractivity (Wildman–Crippen MR) is 117 cm³/mol. The van der Waals surface area contributed by atoms with E-state index < -0.39 is 10.0 Å². The second kappa shape index (κ2) is 9.41. The van der Waals surface area contributed by atoms with Crippen LogP contribution in [0.25, 0.3) is 0 Å². The number of para-hydroxylation sites is 1. The summed E-state index contributed by atoms with van der Waals surface area (Å²) in [5.74, 6) is -0.180. The van der Waals surface area contributed by atoms with E-state index in [4.69, 9.17) is 0 Å². The van der Waals surface area contributed by atoms with E-state index in [1.54, 1.807) is 29.4 Å². The molecule has 1 amide bonds. The molecular formula is C22H29N3O3S. The van der Waals surface area contributed by atoms with E-state index in [0.29, 0.717) is 30.9 Å². The van der Waals surface area contributed by atoms with E-state index in [2.05, 4.69) is 5.32 Å². The first-order valence-corrected chi connectivity index (χ1v) is 11.6. The Balaban J connectivity index is 1.74. The number of hydrogen-bond acceptors (Lipinski definition) is 4. The van der Waals surface area contributed by atoms with Gasteiger partial charge in [-0.25, -0.2) is 8.42 Å². The average molecular weight is 416 g/mol. The van der Waals surface area contributed by atoms with Crippen LogP contribution in [0, 0.1) is 6.92 Å². The molecule has 1 fully saturated rings. The molecule has 0 aliphatic carbocycles. The standard InChI is InChI=1S/C22H29N3O3S/c1-3-24(20-10-6-4-7-11-20)17-22(26)23-19-13-12-18(2)21(16-19)29(27,28)25-14-8-5-9-15-25/h4,6-7,10-13,16H,3,5,8-9,14-15,17H2,1-2H3,(H,23,26). The number of sulfonamides is 1. The number of aryl methyl sites for hydroxylation is 1. The third-order valence-electron chi connectivity index (χ3n) is 5.24. The smallest absolute Gasteiger partial charge is 0.243 e. The number of carbonyl (C=O) groups excluding carboxylic acids is 1. The maximum Gasteiger partial charge on any atom is 0.243 e. The van der Waals surface area contributed by atoms with Gasteiger partial charge in [0.05, 0.1) is 11.4 Å². The summed E-state index contributed by atoms with van der Waals surface area (Å²) in [7, 11) is -3.55. The number of likely N-dealkylation sites (N-methyl/N-ethyl adjacent to an activating group) is 1. The van der Waals surface area contributed by atoms with Gasteiger partial charge in [-0.3, -0.25) is 4.79 Å². The van der Waals surface area contributed by atoms with E-state index in [0.717, 1.165) is 24.9 Å². The van der Waals surface area contributed by atoms with Crippen molar-refractivity contribution < 1.29 is 13.2 Å². The molecule has 1 saturated heterocycles. The van der Waals surface area contributed by atoms with Crippen LogP contribution in [0.15, 0.2) is 53.4 Å². The van der Waals surface area contributed by atoms with Crippen LogP contribution in [0.2, 0.25) is 0 Å². The van der Waals surface area contributed by atoms with Crippen molar-refractivity contribution in [3.8, 4) is 0 Å². The number of rotatable bonds is 7. The van der Waals surface area contributed by atoms with Gasteiger partial charge in [-0.15, -0.1) is 0 Å². The van der Waals surface area contributed by atoms with Gasteiger partial charge < -0.3 is 10.2 Å². The molecule has 29 heavy (non-hydrogen) atoms. The summed E-state index contributed by atoms with van der Waals surface area (Å²) in [6.45, 7) is 5.79. The minimum atomic E-state index is -3.55. The number of nitrogens with zero attached hydrogens (tertiary/aromatic N) is 2. The molecule has 0 saturated carbocycles. The summed E-state index contributed by atoms with van der Waals surface area (Å²) in [6.07, 6.45) is 2.85. The molecule has 6 nitrogen and oxygen atoms in total. The zero-order chi connectivity index (χ0) is 20.9. The molecule has 0 unspecified atom stereocenters. The third kappa shape index (κ3) is 5.16. The SMILES string of the molecule is CCN(CC(=O)Nc1ccc(C)c(S(=O)(=O)N2CCCCC2)c1)c1ccccc1. The van der Waals surface area contributed by atoms with Gasteiger partial charge >= 0.3 is 0 Å². The molecule has 2 aromatic rings. The highest BCUT2D eigenvalue weighted by Crippen LogP contribution is 2.26. The predicted octanol–water partition coefficient (Wildman–Crippen LogP) is 3.63. The minimum Gasteiger partial charge on any atom is -0.362 e. The number of amides is 1. The summed E-state index contributed by atoms with van der Waals surface area (Å²) < 4.78 is 27.7. The normalized spacial score (nSPS) is 15.1. The van der Waals surface area contributed by atoms with E-state index in [9.17, 15) is 13.2 Å². The molecule has 2 aromatic carbocycles. The van der Waals surface area contributed by atoms with Crippen LogP contribution >= 0.6 is 0 Å². The van der Waals surface area contributed by atoms with Crippen molar-refractivity contribution in [3.63, 3.8) is 0 Å². The zero-order valence-electron chi connectivity index (χ0n) is 17.1. The fourth-order valence-corrected chi connectivity index (χ4v) is 5.37. The van der Waals surface area contributed by atoms with Crippen LogP contribution in [0.4, 0.5) is 11.4 Å². The Morgan fingerprint density at radius 3 is 2.41 bits per heavy atom. The Bertz CT molecular complexity index is 939. The van der Waals surface area contributed by atoms with Crippen LogP contribution in [0.5, 0.6) is 0 Å². The monoisotopic (exact) mass is 415 g/mol. The molecule has 1 heterocycles. The average Bonchev–Trinajstić information content (AvgIpc) is 2.74. The van der Waals surface area contributed by atoms with Gasteiger partial charge in [-0.1, -0.05) is 30.7 Å². The summed E-state index contributed by atoms with van der Waals surface area (Å²) in [6, 6.07) is 14.8. The van der Waals surface area contributed by atoms with Crippen LogP contribution in [-0.4, -0.2) is 44.8 Å². The lowest BCUT2D eigenvalue weighted by Crippen LogP contribution is -2.36. The molecule has 0 atom stereocenters. The molecule has 0 aromatic heterocycles. The lowest BCUT2D eigenvalue weighted by Gasteiger charge is -2.27. The molecule has 3 rings (SSSR count). The second-order valence-corrected chi connectivity index (χ2v) is 9.25. The van der Waals surface area contributed by atoms with Crippen molar-refractivity contribution in [3.05, 3.63) is 54.1 Å². The van der Waals surface area contributed by atoms with Crippen molar-refractivity contribution in [2.75, 3.05) is 36.4 Å². The molecule has 0 spiro atoms. The van der Waals surface area contributed by atoms with E-state index in [-0.39, 0.29) is 17.3 Å². The summed E-state index contributed by atoms with van der Waals surface area (Å²) >= 11 is 0. The molecular weight excluding hydrogens is 386 g/mol. The van der Waals surface area contributed by atoms with Crippen molar-refractivity contribution in [2.24, 2.45) is 0 Å². The first-order valence-electron chi connectivity index (χ1n) is 10.1. The molecule has 156 valence electrons. The third-order valence-corrected chi connectivity index (χ3v) is 7.28. The van der Waals surface area contributed by atoms with Gasteiger partial charge in [0, 0.05) is 31.0 Å². The summed E-state index contributed by atoms with van der Waals surface area (Å²) in [4.78, 5) is 14.8. The zero-order valence-corrected chi connectivity index (χ0v) is 17.9. The first-order chi connectivity index (χ1) is 13.9. The first kappa shape index (κ1) is 21.3. The Kier molecular flexibility index (Phi) is 6.92. The van der Waals surface area contributed by atoms with Gasteiger partial charge in [0.2, 0.25) is 15.9 Å². The fraction of sp³-hybridized carbons (Fsp3) is 0.409. The van der Waals surface area contributed by atoms with Gasteiger partial charge in [-0.05, 0) is 56.5 Å². The van der Waals surface area contributed by atoms with Gasteiger partial charge in [0.15, 0.2) is 0 Å². The number of carbonyl (C=O) groups is 1. The van der Waals surface area contributed by atoms with Crippen LogP contribution in [-0.2, 0) is 14.8 Å². The van der Waals surface area contributed by atoms with Crippen molar-refractivity contribution in [1.29, 1.82) is 0 Å². The highest BCUT2D eigenvalue weighted by Gasteiger charge is 2.27. The van der Waals surface area contributed by atoms with Crippen molar-refractivity contribution in [2.45, 2.75) is 38.0 Å². The maximum absolute atomic E-state index is 13.1. The molecule has 7 heteroatoms. The topological polar surface area (TPSA) is 69.7 Å². The van der Waals surface area contributed by atoms with Crippen molar-refractivity contribution >= 4 is 27.3 Å². The number of benzene rings is 2. The minimum absolute atomic E-state index is 0.180. The van der Waals surface area contributed by atoms with E-state index in [1.807, 2.05) is 42.2 Å². The lowest BCUT2D eigenvalue weighted by atomic mass is 10.2. The number of anilines is 2. The van der Waals surface area contributed by atoms with Gasteiger partial charge in [0.25, 0.3) is 0 Å². The Morgan fingerprint density at radius 2 is 1.76 bits per heavy atom. The quantitative estimate of drug-likeness (QED) is 0.750. The molecule has 0 radical (unpaired) electrons. The number of nitrogens with one attached hydrogen (secondary N) is 1. The maximum atomic E-state index is 13.1. The Hall–Kier alpha value is -2.38. The number of piperidine rings is 1. The van der Waals surface area contributed by atoms with Crippen LogP contribution in [0.1, 0.15) is 31.7 Å². The molecule has 0 bridgehead atoms. The number of hydrogen-bond donors (Lipinski definition) is 1. The Labute approximate surface area is 173 Å². The van der Waals surface area contributed by atoms with Gasteiger partial charge in [-0.2, -0.15) is 4.31 Å². The highest BCUT2D eigenvalue weighted by molar-refractivity contribution is 7.89. The summed E-state index contributed by atoms with van der Waals surface area (Å²) in [5, 5.41) is 2.86. The van der Waals surface area contributed by atoms with Crippen LogP contribution in [0.3, 0.4) is 0 Å². The van der Waals surface area contributed by atoms with E-state index in [1.165, 1.54) is 0 Å². The van der Waals surface area contributed by atoms with Gasteiger partial charge in [0.1, 0.15) is 0 Å². The lowest BCUT2D eigenvalue weighted by molar-refractivity contribution is -0.115. The largest absolute Gasteiger partial charge is 0.362 e. The molecule has 1 aliphatic heterocycles. The molecule has 1 aliphatic rings. The van der Waals surface area contributed by atoms with E-state index >= 15 is 0 Å². The molecule has 1 N–H and O–H groups in total. The van der Waals surface area contributed by atoms with Crippen molar-refractivity contribution in [1.82, 2.24) is 4.31 Å². The Morgan fingerprint density at radius 1 is 1.07 bits per heavy atom. The second-order valence-electron chi connectivity index (χ2n) is 7.34. The summed E-state index contributed by atoms with van der Waals surface area (Å²) in [5.41, 5.74) is 2.16.